The number of carboxylic acid groups (broad SMARTS) is 1. The van der Waals surface area contributed by atoms with Crippen LogP contribution in [0.2, 0.25) is 0 Å². The molecule has 0 aliphatic heterocycles. The largest absolute Gasteiger partial charge is 0.481 e. The first-order valence-corrected chi connectivity index (χ1v) is 3.56. The minimum Gasteiger partial charge on any atom is -0.481 e. The normalized spacial score (nSPS) is 35.5. The van der Waals surface area contributed by atoms with E-state index in [-0.39, 0.29) is 6.42 Å². The molecule has 1 aliphatic carbocycles. The summed E-state index contributed by atoms with van der Waals surface area (Å²) in [6, 6.07) is 0. The van der Waals surface area contributed by atoms with E-state index in [0.717, 1.165) is 0 Å². The van der Waals surface area contributed by atoms with Crippen LogP contribution in [0.5, 0.6) is 0 Å². The number of carbonyl (C=O) groups is 1. The van der Waals surface area contributed by atoms with Gasteiger partial charge in [0.15, 0.2) is 0 Å². The van der Waals surface area contributed by atoms with E-state index in [1.54, 1.807) is 6.92 Å². The summed E-state index contributed by atoms with van der Waals surface area (Å²) in [5.41, 5.74) is 0. The van der Waals surface area contributed by atoms with E-state index < -0.39 is 23.7 Å². The lowest BCUT2D eigenvalue weighted by Gasteiger charge is -2.16. The van der Waals surface area contributed by atoms with Crippen LogP contribution in [0.4, 0.5) is 8.78 Å². The summed E-state index contributed by atoms with van der Waals surface area (Å²) in [6.45, 7) is 1.56. The zero-order valence-electron chi connectivity index (χ0n) is 6.18. The Kier molecular flexibility index (Phi) is 1.86. The molecule has 0 bridgehead atoms. The topological polar surface area (TPSA) is 37.3 Å². The number of halogens is 2. The molecule has 0 amide bonds. The molecule has 1 aliphatic rings. The van der Waals surface area contributed by atoms with Gasteiger partial charge in [-0.2, -0.15) is 0 Å². The third kappa shape index (κ3) is 1.34. The molecule has 4 heteroatoms. The molecule has 0 aromatic heterocycles. The number of aliphatic carboxylic acids is 1. The molecular weight excluding hydrogens is 154 g/mol. The Balaban J connectivity index is 2.80. The molecule has 2 nitrogen and oxygen atoms in total. The summed E-state index contributed by atoms with van der Waals surface area (Å²) in [7, 11) is 0. The average molecular weight is 164 g/mol. The Hall–Kier alpha value is -0.670. The Morgan fingerprint density at radius 2 is 2.18 bits per heavy atom. The molecule has 0 aromatic rings. The molecule has 0 radical (unpaired) electrons. The van der Waals surface area contributed by atoms with Crippen LogP contribution < -0.4 is 0 Å². The van der Waals surface area contributed by atoms with Gasteiger partial charge in [0.1, 0.15) is 5.92 Å². The Morgan fingerprint density at radius 3 is 2.36 bits per heavy atom. The van der Waals surface area contributed by atoms with E-state index in [9.17, 15) is 13.6 Å². The fourth-order valence-corrected chi connectivity index (χ4v) is 1.58. The predicted octanol–water partition coefficient (Wildman–Crippen LogP) is 1.75. The lowest BCUT2D eigenvalue weighted by atomic mass is 9.96. The molecule has 0 unspecified atom stereocenters. The summed E-state index contributed by atoms with van der Waals surface area (Å²) in [6.07, 6.45) is 0.0229. The van der Waals surface area contributed by atoms with Crippen molar-refractivity contribution in [1.82, 2.24) is 0 Å². The Morgan fingerprint density at radius 1 is 1.64 bits per heavy atom. The second kappa shape index (κ2) is 2.43. The Bertz CT molecular complexity index is 179. The second-order valence-electron chi connectivity index (χ2n) is 3.09. The molecule has 0 saturated heterocycles. The SMILES string of the molecule is C[C@H]1CCC(F)(F)[C@H]1C(=O)O. The van der Waals surface area contributed by atoms with Gasteiger partial charge < -0.3 is 5.11 Å². The van der Waals surface area contributed by atoms with Crippen LogP contribution in [0, 0.1) is 11.8 Å². The average Bonchev–Trinajstić information content (AvgIpc) is 2.06. The molecule has 0 spiro atoms. The van der Waals surface area contributed by atoms with Gasteiger partial charge in [0, 0.05) is 6.42 Å². The smallest absolute Gasteiger partial charge is 0.312 e. The van der Waals surface area contributed by atoms with Crippen LogP contribution in [-0.2, 0) is 4.79 Å². The van der Waals surface area contributed by atoms with Gasteiger partial charge in [0.05, 0.1) is 0 Å². The molecule has 0 heterocycles. The minimum absolute atomic E-state index is 0.287. The fraction of sp³-hybridized carbons (Fsp3) is 0.857. The maximum Gasteiger partial charge on any atom is 0.312 e. The van der Waals surface area contributed by atoms with Gasteiger partial charge in [-0.15, -0.1) is 0 Å². The van der Waals surface area contributed by atoms with E-state index in [1.807, 2.05) is 0 Å². The number of alkyl halides is 2. The first-order valence-electron chi connectivity index (χ1n) is 3.56. The van der Waals surface area contributed by atoms with Crippen LogP contribution in [0.3, 0.4) is 0 Å². The van der Waals surface area contributed by atoms with Crippen molar-refractivity contribution in [3.63, 3.8) is 0 Å². The zero-order valence-corrected chi connectivity index (χ0v) is 6.18. The molecule has 1 N–H and O–H groups in total. The van der Waals surface area contributed by atoms with E-state index in [2.05, 4.69) is 0 Å². The van der Waals surface area contributed by atoms with E-state index in [1.165, 1.54) is 0 Å². The summed E-state index contributed by atoms with van der Waals surface area (Å²) in [5.74, 6) is -6.24. The predicted molar refractivity (Wildman–Crippen MR) is 34.5 cm³/mol. The van der Waals surface area contributed by atoms with Crippen LogP contribution in [-0.4, -0.2) is 17.0 Å². The standard InChI is InChI=1S/C7H10F2O2/c1-4-2-3-7(8,9)5(4)6(10)11/h4-5H,2-3H2,1H3,(H,10,11)/t4-,5+/m0/s1. The van der Waals surface area contributed by atoms with Crippen LogP contribution in [0.15, 0.2) is 0 Å². The van der Waals surface area contributed by atoms with Crippen molar-refractivity contribution in [2.24, 2.45) is 11.8 Å². The molecule has 1 rings (SSSR count). The summed E-state index contributed by atoms with van der Waals surface area (Å²) in [5, 5.41) is 8.44. The summed E-state index contributed by atoms with van der Waals surface area (Å²) < 4.78 is 25.5. The van der Waals surface area contributed by atoms with Crippen molar-refractivity contribution >= 4 is 5.97 Å². The van der Waals surface area contributed by atoms with Crippen LogP contribution in [0.25, 0.3) is 0 Å². The Labute approximate surface area is 63.2 Å². The third-order valence-corrected chi connectivity index (χ3v) is 2.22. The highest BCUT2D eigenvalue weighted by atomic mass is 19.3. The second-order valence-corrected chi connectivity index (χ2v) is 3.09. The molecule has 2 atom stereocenters. The number of rotatable bonds is 1. The van der Waals surface area contributed by atoms with Gasteiger partial charge in [-0.05, 0) is 12.3 Å². The summed E-state index contributed by atoms with van der Waals surface area (Å²) in [4.78, 5) is 10.3. The zero-order chi connectivity index (χ0) is 8.65. The number of carboxylic acids is 1. The lowest BCUT2D eigenvalue weighted by molar-refractivity contribution is -0.155. The van der Waals surface area contributed by atoms with Crippen LogP contribution in [0.1, 0.15) is 19.8 Å². The monoisotopic (exact) mass is 164 g/mol. The highest BCUT2D eigenvalue weighted by Crippen LogP contribution is 2.44. The maximum atomic E-state index is 12.7. The van der Waals surface area contributed by atoms with Gasteiger partial charge in [-0.3, -0.25) is 4.79 Å². The van der Waals surface area contributed by atoms with Gasteiger partial charge in [0.2, 0.25) is 0 Å². The third-order valence-electron chi connectivity index (χ3n) is 2.22. The van der Waals surface area contributed by atoms with E-state index >= 15 is 0 Å². The van der Waals surface area contributed by atoms with Crippen molar-refractivity contribution in [1.29, 1.82) is 0 Å². The maximum absolute atomic E-state index is 12.7. The number of hydrogen-bond acceptors (Lipinski definition) is 1. The van der Waals surface area contributed by atoms with Gasteiger partial charge in [0.25, 0.3) is 5.92 Å². The molecule has 11 heavy (non-hydrogen) atoms. The fourth-order valence-electron chi connectivity index (χ4n) is 1.58. The number of hydrogen-bond donors (Lipinski definition) is 1. The first kappa shape index (κ1) is 8.43. The highest BCUT2D eigenvalue weighted by molar-refractivity contribution is 5.72. The molecule has 1 saturated carbocycles. The molecule has 64 valence electrons. The minimum atomic E-state index is -2.99. The summed E-state index contributed by atoms with van der Waals surface area (Å²) >= 11 is 0. The van der Waals surface area contributed by atoms with Crippen molar-refractivity contribution < 1.29 is 18.7 Å². The molecular formula is C7H10F2O2. The van der Waals surface area contributed by atoms with Crippen molar-refractivity contribution in [3.05, 3.63) is 0 Å². The van der Waals surface area contributed by atoms with E-state index in [0.29, 0.717) is 6.42 Å². The van der Waals surface area contributed by atoms with Crippen LogP contribution >= 0.6 is 0 Å². The van der Waals surface area contributed by atoms with Crippen molar-refractivity contribution in [2.45, 2.75) is 25.7 Å². The molecule has 1 fully saturated rings. The quantitative estimate of drug-likeness (QED) is 0.641. The highest BCUT2D eigenvalue weighted by Gasteiger charge is 2.52. The molecule has 0 aromatic carbocycles. The lowest BCUT2D eigenvalue weighted by Crippen LogP contribution is -2.32. The first-order chi connectivity index (χ1) is 4.95. The van der Waals surface area contributed by atoms with Gasteiger partial charge in [-0.1, -0.05) is 6.92 Å². The van der Waals surface area contributed by atoms with E-state index in [4.69, 9.17) is 5.11 Å². The van der Waals surface area contributed by atoms with Gasteiger partial charge in [-0.25, -0.2) is 8.78 Å². The van der Waals surface area contributed by atoms with Crippen molar-refractivity contribution in [2.75, 3.05) is 0 Å². The van der Waals surface area contributed by atoms with Crippen molar-refractivity contribution in [3.8, 4) is 0 Å². The van der Waals surface area contributed by atoms with Gasteiger partial charge >= 0.3 is 5.97 Å².